The molecular formula is C11H13N3O5S. The lowest BCUT2D eigenvalue weighted by Gasteiger charge is -2.12. The van der Waals surface area contributed by atoms with Crippen LogP contribution in [0.3, 0.4) is 0 Å². The molecule has 0 aromatic heterocycles. The van der Waals surface area contributed by atoms with Gasteiger partial charge in [0.2, 0.25) is 0 Å². The van der Waals surface area contributed by atoms with Crippen molar-refractivity contribution in [1.29, 1.82) is 0 Å². The lowest BCUT2D eigenvalue weighted by molar-refractivity contribution is -0.385. The van der Waals surface area contributed by atoms with Gasteiger partial charge in [-0.15, -0.1) is 0 Å². The molecule has 1 atom stereocenters. The van der Waals surface area contributed by atoms with E-state index in [-0.39, 0.29) is 28.8 Å². The second-order valence-electron chi connectivity index (χ2n) is 4.47. The molecule has 0 unspecified atom stereocenters. The van der Waals surface area contributed by atoms with Crippen molar-refractivity contribution >= 4 is 21.4 Å². The van der Waals surface area contributed by atoms with Crippen molar-refractivity contribution in [3.63, 3.8) is 0 Å². The van der Waals surface area contributed by atoms with Crippen molar-refractivity contribution in [2.45, 2.75) is 12.5 Å². The number of nitrogens with one attached hydrogen (secondary N) is 2. The number of hydrogen-bond acceptors (Lipinski definition) is 6. The van der Waals surface area contributed by atoms with Gasteiger partial charge in [-0.05, 0) is 12.5 Å². The number of amides is 1. The van der Waals surface area contributed by atoms with E-state index >= 15 is 0 Å². The number of benzene rings is 1. The Labute approximate surface area is 115 Å². The molecule has 1 aliphatic heterocycles. The molecule has 1 fully saturated rings. The van der Waals surface area contributed by atoms with Crippen molar-refractivity contribution in [1.82, 2.24) is 10.9 Å². The van der Waals surface area contributed by atoms with Crippen molar-refractivity contribution in [3.8, 4) is 0 Å². The fourth-order valence-electron chi connectivity index (χ4n) is 1.97. The Morgan fingerprint density at radius 3 is 2.65 bits per heavy atom. The number of nitrogens with zero attached hydrogens (tertiary/aromatic N) is 1. The summed E-state index contributed by atoms with van der Waals surface area (Å²) in [4.78, 5) is 22.0. The molecule has 0 aliphatic carbocycles. The highest BCUT2D eigenvalue weighted by Crippen LogP contribution is 2.17. The van der Waals surface area contributed by atoms with Crippen LogP contribution in [0.25, 0.3) is 0 Å². The Morgan fingerprint density at radius 2 is 2.05 bits per heavy atom. The number of sulfone groups is 1. The zero-order valence-corrected chi connectivity index (χ0v) is 11.2. The lowest BCUT2D eigenvalue weighted by atomic mass is 10.2. The summed E-state index contributed by atoms with van der Waals surface area (Å²) in [5, 5.41) is 10.8. The normalized spacial score (nSPS) is 20.5. The standard InChI is InChI=1S/C11H13N3O5S/c15-11(9-3-1-2-4-10(9)14(16)17)13-12-8-5-6-20(18,19)7-8/h1-4,8,12H,5-7H2,(H,13,15)/t8-/m0/s1. The van der Waals surface area contributed by atoms with Gasteiger partial charge in [-0.1, -0.05) is 12.1 Å². The number of rotatable bonds is 4. The minimum absolute atomic E-state index is 0.0514. The van der Waals surface area contributed by atoms with Crippen LogP contribution in [-0.4, -0.2) is 36.8 Å². The molecule has 0 saturated carbocycles. The topological polar surface area (TPSA) is 118 Å². The Balaban J connectivity index is 2.01. The van der Waals surface area contributed by atoms with Gasteiger partial charge in [0.05, 0.1) is 16.4 Å². The van der Waals surface area contributed by atoms with Crippen molar-refractivity contribution in [2.75, 3.05) is 11.5 Å². The van der Waals surface area contributed by atoms with Gasteiger partial charge in [0, 0.05) is 12.1 Å². The fraction of sp³-hybridized carbons (Fsp3) is 0.364. The van der Waals surface area contributed by atoms with Crippen molar-refractivity contribution in [2.24, 2.45) is 0 Å². The number of carbonyl (C=O) groups is 1. The molecule has 2 rings (SSSR count). The van der Waals surface area contributed by atoms with E-state index in [1.807, 2.05) is 0 Å². The van der Waals surface area contributed by atoms with Crippen molar-refractivity contribution < 1.29 is 18.1 Å². The molecule has 1 aromatic carbocycles. The second-order valence-corrected chi connectivity index (χ2v) is 6.70. The maximum absolute atomic E-state index is 11.9. The number of hydrazine groups is 1. The van der Waals surface area contributed by atoms with Crippen LogP contribution < -0.4 is 10.9 Å². The highest BCUT2D eigenvalue weighted by molar-refractivity contribution is 7.91. The summed E-state index contributed by atoms with van der Waals surface area (Å²) in [5.41, 5.74) is 4.54. The summed E-state index contributed by atoms with van der Waals surface area (Å²) >= 11 is 0. The van der Waals surface area contributed by atoms with Gasteiger partial charge in [0.1, 0.15) is 5.56 Å². The van der Waals surface area contributed by atoms with E-state index in [0.29, 0.717) is 6.42 Å². The van der Waals surface area contributed by atoms with E-state index in [2.05, 4.69) is 10.9 Å². The molecule has 1 saturated heterocycles. The third-order valence-corrected chi connectivity index (χ3v) is 4.74. The lowest BCUT2D eigenvalue weighted by Crippen LogP contribution is -2.45. The molecule has 108 valence electrons. The largest absolute Gasteiger partial charge is 0.287 e. The Morgan fingerprint density at radius 1 is 1.35 bits per heavy atom. The van der Waals surface area contributed by atoms with Crippen LogP contribution in [0.5, 0.6) is 0 Å². The van der Waals surface area contributed by atoms with Crippen LogP contribution in [0, 0.1) is 10.1 Å². The zero-order valence-electron chi connectivity index (χ0n) is 10.4. The summed E-state index contributed by atoms with van der Waals surface area (Å²) in [6.45, 7) is 0. The Bertz CT molecular complexity index is 643. The summed E-state index contributed by atoms with van der Waals surface area (Å²) in [5.74, 6) is -0.641. The minimum atomic E-state index is -3.05. The van der Waals surface area contributed by atoms with E-state index in [9.17, 15) is 23.3 Å². The first-order valence-electron chi connectivity index (χ1n) is 5.89. The molecule has 8 nitrogen and oxygen atoms in total. The fourth-order valence-corrected chi connectivity index (χ4v) is 3.64. The summed E-state index contributed by atoms with van der Waals surface area (Å²) in [6, 6.07) is 5.18. The van der Waals surface area contributed by atoms with Crippen LogP contribution >= 0.6 is 0 Å². The van der Waals surface area contributed by atoms with Gasteiger partial charge in [-0.3, -0.25) is 20.3 Å². The maximum Gasteiger partial charge on any atom is 0.282 e. The SMILES string of the molecule is O=C(NN[C@H]1CCS(=O)(=O)C1)c1ccccc1[N+](=O)[O-]. The predicted molar refractivity (Wildman–Crippen MR) is 70.8 cm³/mol. The summed E-state index contributed by atoms with van der Waals surface area (Å²) in [6.07, 6.45) is 0.402. The minimum Gasteiger partial charge on any atom is -0.287 e. The molecule has 0 bridgehead atoms. The third kappa shape index (κ3) is 3.31. The molecule has 0 radical (unpaired) electrons. The molecule has 0 spiro atoms. The van der Waals surface area contributed by atoms with E-state index < -0.39 is 20.7 Å². The molecule has 1 aromatic rings. The average molecular weight is 299 g/mol. The smallest absolute Gasteiger partial charge is 0.282 e. The van der Waals surface area contributed by atoms with E-state index in [0.717, 1.165) is 0 Å². The van der Waals surface area contributed by atoms with Gasteiger partial charge >= 0.3 is 0 Å². The molecule has 20 heavy (non-hydrogen) atoms. The van der Waals surface area contributed by atoms with E-state index in [4.69, 9.17) is 0 Å². The molecule has 1 aliphatic rings. The molecule has 9 heteroatoms. The van der Waals surface area contributed by atoms with Crippen LogP contribution in [0.15, 0.2) is 24.3 Å². The van der Waals surface area contributed by atoms with Crippen molar-refractivity contribution in [3.05, 3.63) is 39.9 Å². The highest BCUT2D eigenvalue weighted by Gasteiger charge is 2.28. The number of nitro groups is 1. The number of para-hydroxylation sites is 1. The monoisotopic (exact) mass is 299 g/mol. The first kappa shape index (κ1) is 14.4. The first-order chi connectivity index (χ1) is 9.39. The molecule has 1 heterocycles. The summed E-state index contributed by atoms with van der Waals surface area (Å²) < 4.78 is 22.5. The Hall–Kier alpha value is -2.00. The van der Waals surface area contributed by atoms with E-state index in [1.165, 1.54) is 24.3 Å². The van der Waals surface area contributed by atoms with Crippen LogP contribution in [-0.2, 0) is 9.84 Å². The predicted octanol–water partition coefficient (Wildman–Crippen LogP) is 0.0163. The zero-order chi connectivity index (χ0) is 14.8. The second kappa shape index (κ2) is 5.55. The van der Waals surface area contributed by atoms with Gasteiger partial charge in [0.15, 0.2) is 9.84 Å². The van der Waals surface area contributed by atoms with E-state index in [1.54, 1.807) is 0 Å². The molecule has 1 amide bonds. The van der Waals surface area contributed by atoms with Gasteiger partial charge in [0.25, 0.3) is 11.6 Å². The van der Waals surface area contributed by atoms with Gasteiger partial charge < -0.3 is 0 Å². The average Bonchev–Trinajstić information content (AvgIpc) is 2.75. The van der Waals surface area contributed by atoms with Crippen LogP contribution in [0.1, 0.15) is 16.8 Å². The first-order valence-corrected chi connectivity index (χ1v) is 7.71. The van der Waals surface area contributed by atoms with Crippen LogP contribution in [0.4, 0.5) is 5.69 Å². The van der Waals surface area contributed by atoms with Gasteiger partial charge in [-0.2, -0.15) is 0 Å². The maximum atomic E-state index is 11.9. The molecule has 2 N–H and O–H groups in total. The van der Waals surface area contributed by atoms with Gasteiger partial charge in [-0.25, -0.2) is 13.8 Å². The summed E-state index contributed by atoms with van der Waals surface area (Å²) in [7, 11) is -3.05. The van der Waals surface area contributed by atoms with Crippen LogP contribution in [0.2, 0.25) is 0 Å². The Kier molecular flexibility index (Phi) is 4.00. The quantitative estimate of drug-likeness (QED) is 0.597. The number of carbonyl (C=O) groups excluding carboxylic acids is 1. The number of nitro benzene ring substituents is 1. The third-order valence-electron chi connectivity index (χ3n) is 2.97. The molecular weight excluding hydrogens is 286 g/mol. The number of hydrogen-bond donors (Lipinski definition) is 2. The highest BCUT2D eigenvalue weighted by atomic mass is 32.2.